The van der Waals surface area contributed by atoms with E-state index in [-0.39, 0.29) is 23.3 Å². The minimum absolute atomic E-state index is 0.130. The molecule has 0 fully saturated rings. The van der Waals surface area contributed by atoms with Gasteiger partial charge in [0.05, 0.1) is 11.5 Å². The third kappa shape index (κ3) is 7.16. The highest BCUT2D eigenvalue weighted by Crippen LogP contribution is 2.16. The van der Waals surface area contributed by atoms with Gasteiger partial charge < -0.3 is 21.1 Å². The Balaban J connectivity index is 1.69. The van der Waals surface area contributed by atoms with Gasteiger partial charge in [-0.3, -0.25) is 9.59 Å². The van der Waals surface area contributed by atoms with E-state index in [9.17, 15) is 9.59 Å². The first-order valence-electron chi connectivity index (χ1n) is 8.24. The van der Waals surface area contributed by atoms with Crippen molar-refractivity contribution in [2.24, 2.45) is 5.73 Å². The molecule has 0 unspecified atom stereocenters. The molecule has 4 N–H and O–H groups in total. The number of carbonyl (C=O) groups is 2. The van der Waals surface area contributed by atoms with E-state index < -0.39 is 0 Å². The molecular weight excluding hydrogens is 350 g/mol. The maximum absolute atomic E-state index is 11.9. The fraction of sp³-hybridized carbons (Fsp3) is 0.263. The molecular formula is C19H23N3O3S. The van der Waals surface area contributed by atoms with Crippen LogP contribution in [0.5, 0.6) is 5.75 Å². The van der Waals surface area contributed by atoms with Gasteiger partial charge in [0.25, 0.3) is 0 Å². The zero-order valence-corrected chi connectivity index (χ0v) is 15.5. The fourth-order valence-corrected chi connectivity index (χ4v) is 2.78. The maximum Gasteiger partial charge on any atom is 0.234 e. The highest BCUT2D eigenvalue weighted by molar-refractivity contribution is 8.00. The summed E-state index contributed by atoms with van der Waals surface area (Å²) >= 11 is 1.26. The lowest BCUT2D eigenvalue weighted by atomic mass is 10.2. The summed E-state index contributed by atoms with van der Waals surface area (Å²) in [6.45, 7) is 2.87. The first-order valence-corrected chi connectivity index (χ1v) is 9.39. The number of ether oxygens (including phenoxy) is 1. The molecule has 0 heterocycles. The molecule has 0 atom stereocenters. The van der Waals surface area contributed by atoms with Gasteiger partial charge in [-0.25, -0.2) is 0 Å². The average Bonchev–Trinajstić information content (AvgIpc) is 2.61. The van der Waals surface area contributed by atoms with E-state index in [4.69, 9.17) is 10.5 Å². The number of nitrogens with one attached hydrogen (secondary N) is 2. The third-order valence-electron chi connectivity index (χ3n) is 3.29. The van der Waals surface area contributed by atoms with Crippen molar-refractivity contribution >= 4 is 35.0 Å². The largest absolute Gasteiger partial charge is 0.492 e. The number of anilines is 2. The molecule has 0 aliphatic heterocycles. The fourth-order valence-electron chi connectivity index (χ4n) is 2.16. The van der Waals surface area contributed by atoms with E-state index in [1.54, 1.807) is 24.3 Å². The molecule has 0 aromatic heterocycles. The molecule has 2 amide bonds. The Morgan fingerprint density at radius 2 is 1.65 bits per heavy atom. The first-order chi connectivity index (χ1) is 12.6. The number of hydrogen-bond acceptors (Lipinski definition) is 5. The lowest BCUT2D eigenvalue weighted by Gasteiger charge is -2.08. The molecule has 0 radical (unpaired) electrons. The van der Waals surface area contributed by atoms with Crippen LogP contribution >= 0.6 is 11.8 Å². The predicted octanol–water partition coefficient (Wildman–Crippen LogP) is 2.64. The molecule has 138 valence electrons. The van der Waals surface area contributed by atoms with Gasteiger partial charge in [0.2, 0.25) is 11.8 Å². The van der Waals surface area contributed by atoms with Crippen LogP contribution in [0.1, 0.15) is 5.56 Å². The van der Waals surface area contributed by atoms with Crippen molar-refractivity contribution in [2.45, 2.75) is 6.92 Å². The summed E-state index contributed by atoms with van der Waals surface area (Å²) in [4.78, 5) is 23.8. The Labute approximate surface area is 157 Å². The number of nitrogens with two attached hydrogens (primary N) is 1. The first kappa shape index (κ1) is 19.8. The summed E-state index contributed by atoms with van der Waals surface area (Å²) in [6, 6.07) is 14.7. The second-order valence-corrected chi connectivity index (χ2v) is 6.61. The molecule has 6 nitrogen and oxygen atoms in total. The number of carbonyl (C=O) groups excluding carboxylic acids is 2. The Morgan fingerprint density at radius 1 is 1.00 bits per heavy atom. The van der Waals surface area contributed by atoms with Crippen molar-refractivity contribution in [1.82, 2.24) is 0 Å². The van der Waals surface area contributed by atoms with Gasteiger partial charge >= 0.3 is 0 Å². The summed E-state index contributed by atoms with van der Waals surface area (Å²) in [5.41, 5.74) is 7.90. The number of hydrogen-bond donors (Lipinski definition) is 3. The van der Waals surface area contributed by atoms with Crippen molar-refractivity contribution in [3.05, 3.63) is 54.1 Å². The molecule has 7 heteroatoms. The molecule has 2 aromatic carbocycles. The van der Waals surface area contributed by atoms with Crippen molar-refractivity contribution in [3.8, 4) is 5.75 Å². The summed E-state index contributed by atoms with van der Waals surface area (Å²) in [6.07, 6.45) is 0. The number of thioether (sulfide) groups is 1. The van der Waals surface area contributed by atoms with Gasteiger partial charge in [0.1, 0.15) is 12.4 Å². The van der Waals surface area contributed by atoms with E-state index in [1.807, 2.05) is 31.2 Å². The van der Waals surface area contributed by atoms with Crippen LogP contribution in [0.3, 0.4) is 0 Å². The summed E-state index contributed by atoms with van der Waals surface area (Å²) in [5.74, 6) is 0.833. The Morgan fingerprint density at radius 3 is 2.27 bits per heavy atom. The van der Waals surface area contributed by atoms with Crippen LogP contribution in [0.15, 0.2) is 48.5 Å². The SMILES string of the molecule is Cc1cccc(NC(=O)CSCC(=O)Nc2ccc(OCCN)cc2)c1. The topological polar surface area (TPSA) is 93.5 Å². The van der Waals surface area contributed by atoms with Crippen molar-refractivity contribution in [3.63, 3.8) is 0 Å². The normalized spacial score (nSPS) is 10.2. The molecule has 0 aliphatic carbocycles. The van der Waals surface area contributed by atoms with Crippen molar-refractivity contribution in [1.29, 1.82) is 0 Å². The van der Waals surface area contributed by atoms with E-state index in [0.717, 1.165) is 11.3 Å². The summed E-state index contributed by atoms with van der Waals surface area (Å²) < 4.78 is 5.38. The minimum atomic E-state index is -0.158. The second kappa shape index (κ2) is 10.5. The van der Waals surface area contributed by atoms with E-state index in [2.05, 4.69) is 10.6 Å². The standard InChI is InChI=1S/C19H23N3O3S/c1-14-3-2-4-16(11-14)22-19(24)13-26-12-18(23)21-15-5-7-17(8-6-15)25-10-9-20/h2-8,11H,9-10,12-13,20H2,1H3,(H,21,23)(H,22,24). The highest BCUT2D eigenvalue weighted by atomic mass is 32.2. The van der Waals surface area contributed by atoms with Crippen molar-refractivity contribution in [2.75, 3.05) is 35.3 Å². The van der Waals surface area contributed by atoms with Crippen LogP contribution in [0.4, 0.5) is 11.4 Å². The molecule has 0 saturated heterocycles. The molecule has 26 heavy (non-hydrogen) atoms. The molecule has 2 aromatic rings. The quantitative estimate of drug-likeness (QED) is 0.628. The van der Waals surface area contributed by atoms with Crippen molar-refractivity contribution < 1.29 is 14.3 Å². The minimum Gasteiger partial charge on any atom is -0.492 e. The van der Waals surface area contributed by atoms with Gasteiger partial charge in [-0.15, -0.1) is 11.8 Å². The smallest absolute Gasteiger partial charge is 0.234 e. The zero-order valence-electron chi connectivity index (χ0n) is 14.7. The van der Waals surface area contributed by atoms with Crippen LogP contribution in [-0.4, -0.2) is 36.5 Å². The molecule has 0 saturated carbocycles. The van der Waals surface area contributed by atoms with Crippen LogP contribution in [0, 0.1) is 6.92 Å². The van der Waals surface area contributed by atoms with Gasteiger partial charge in [-0.1, -0.05) is 12.1 Å². The summed E-state index contributed by atoms with van der Waals surface area (Å²) in [5, 5.41) is 5.60. The number of amides is 2. The molecule has 0 bridgehead atoms. The van der Waals surface area contributed by atoms with Crippen LogP contribution < -0.4 is 21.1 Å². The zero-order chi connectivity index (χ0) is 18.8. The Bertz CT molecular complexity index is 735. The second-order valence-electron chi connectivity index (χ2n) is 5.62. The lowest BCUT2D eigenvalue weighted by molar-refractivity contribution is -0.114. The van der Waals surface area contributed by atoms with E-state index >= 15 is 0 Å². The molecule has 0 spiro atoms. The highest BCUT2D eigenvalue weighted by Gasteiger charge is 2.07. The van der Waals surface area contributed by atoms with Crippen LogP contribution in [0.2, 0.25) is 0 Å². The third-order valence-corrected chi connectivity index (χ3v) is 4.23. The van der Waals surface area contributed by atoms with Crippen LogP contribution in [-0.2, 0) is 9.59 Å². The van der Waals surface area contributed by atoms with Gasteiger partial charge in [-0.2, -0.15) is 0 Å². The van der Waals surface area contributed by atoms with Gasteiger partial charge in [0.15, 0.2) is 0 Å². The number of aryl methyl sites for hydroxylation is 1. The predicted molar refractivity (Wildman–Crippen MR) is 107 cm³/mol. The van der Waals surface area contributed by atoms with Crippen LogP contribution in [0.25, 0.3) is 0 Å². The average molecular weight is 373 g/mol. The van der Waals surface area contributed by atoms with E-state index in [1.165, 1.54) is 11.8 Å². The lowest BCUT2D eigenvalue weighted by Crippen LogP contribution is -2.18. The molecule has 0 aliphatic rings. The maximum atomic E-state index is 11.9. The monoisotopic (exact) mass is 373 g/mol. The van der Waals surface area contributed by atoms with Gasteiger partial charge in [0, 0.05) is 17.9 Å². The van der Waals surface area contributed by atoms with Gasteiger partial charge in [-0.05, 0) is 48.9 Å². The summed E-state index contributed by atoms with van der Waals surface area (Å²) in [7, 11) is 0. The Kier molecular flexibility index (Phi) is 7.98. The number of rotatable bonds is 9. The molecule has 2 rings (SSSR count). The number of benzene rings is 2. The van der Waals surface area contributed by atoms with E-state index in [0.29, 0.717) is 24.6 Å². The Hall–Kier alpha value is -2.51.